The highest BCUT2D eigenvalue weighted by Gasteiger charge is 2.12. The van der Waals surface area contributed by atoms with Gasteiger partial charge in [0.15, 0.2) is 0 Å². The fraction of sp³-hybridized carbons (Fsp3) is 0.647. The third-order valence-corrected chi connectivity index (χ3v) is 4.75. The average Bonchev–Trinajstić information content (AvgIpc) is 2.34. The second-order valence-electron chi connectivity index (χ2n) is 5.69. The first kappa shape index (κ1) is 17.4. The third kappa shape index (κ3) is 6.67. The SMILES string of the molecule is CCCNC(CCC)CS(=O)Cc1cc(C)cc(C)c1. The van der Waals surface area contributed by atoms with Crippen LogP contribution in [0.4, 0.5) is 0 Å². The van der Waals surface area contributed by atoms with Crippen LogP contribution >= 0.6 is 0 Å². The molecule has 0 saturated carbocycles. The van der Waals surface area contributed by atoms with Gasteiger partial charge in [0.25, 0.3) is 0 Å². The lowest BCUT2D eigenvalue weighted by Crippen LogP contribution is -2.34. The van der Waals surface area contributed by atoms with Crippen molar-refractivity contribution in [2.45, 2.75) is 58.8 Å². The molecule has 0 amide bonds. The summed E-state index contributed by atoms with van der Waals surface area (Å²) in [7, 11) is -0.785. The van der Waals surface area contributed by atoms with Crippen LogP contribution in [0.2, 0.25) is 0 Å². The zero-order valence-corrected chi connectivity index (χ0v) is 14.2. The molecule has 0 aliphatic carbocycles. The average molecular weight is 295 g/mol. The molecular weight excluding hydrogens is 266 g/mol. The predicted molar refractivity (Wildman–Crippen MR) is 89.6 cm³/mol. The van der Waals surface area contributed by atoms with Crippen LogP contribution in [0.3, 0.4) is 0 Å². The first-order valence-electron chi connectivity index (χ1n) is 7.70. The van der Waals surface area contributed by atoms with Crippen molar-refractivity contribution in [2.75, 3.05) is 12.3 Å². The van der Waals surface area contributed by atoms with E-state index in [9.17, 15) is 4.21 Å². The van der Waals surface area contributed by atoms with Gasteiger partial charge in [-0.15, -0.1) is 0 Å². The van der Waals surface area contributed by atoms with E-state index in [4.69, 9.17) is 0 Å². The lowest BCUT2D eigenvalue weighted by atomic mass is 10.1. The van der Waals surface area contributed by atoms with Gasteiger partial charge in [0, 0.05) is 28.3 Å². The maximum absolute atomic E-state index is 12.4. The summed E-state index contributed by atoms with van der Waals surface area (Å²) in [5.74, 6) is 1.44. The van der Waals surface area contributed by atoms with E-state index >= 15 is 0 Å². The summed E-state index contributed by atoms with van der Waals surface area (Å²) >= 11 is 0. The molecule has 1 rings (SSSR count). The lowest BCUT2D eigenvalue weighted by molar-refractivity contribution is 0.510. The molecule has 0 aromatic heterocycles. The molecule has 1 aromatic rings. The lowest BCUT2D eigenvalue weighted by Gasteiger charge is -2.17. The van der Waals surface area contributed by atoms with E-state index in [1.165, 1.54) is 16.7 Å². The molecular formula is C17H29NOS. The van der Waals surface area contributed by atoms with Gasteiger partial charge in [-0.1, -0.05) is 49.6 Å². The van der Waals surface area contributed by atoms with Gasteiger partial charge in [-0.25, -0.2) is 0 Å². The van der Waals surface area contributed by atoms with Gasteiger partial charge in [-0.2, -0.15) is 0 Å². The highest BCUT2D eigenvalue weighted by atomic mass is 32.2. The van der Waals surface area contributed by atoms with Crippen molar-refractivity contribution in [1.82, 2.24) is 5.32 Å². The molecule has 3 heteroatoms. The molecule has 0 fully saturated rings. The van der Waals surface area contributed by atoms with Gasteiger partial charge in [0.05, 0.1) is 0 Å². The number of aryl methyl sites for hydroxylation is 2. The van der Waals surface area contributed by atoms with Crippen LogP contribution in [-0.4, -0.2) is 22.5 Å². The number of hydrogen-bond donors (Lipinski definition) is 1. The van der Waals surface area contributed by atoms with E-state index < -0.39 is 10.8 Å². The quantitative estimate of drug-likeness (QED) is 0.752. The Labute approximate surface area is 126 Å². The van der Waals surface area contributed by atoms with E-state index in [2.05, 4.69) is 51.2 Å². The zero-order chi connectivity index (χ0) is 15.0. The number of benzene rings is 1. The van der Waals surface area contributed by atoms with E-state index in [-0.39, 0.29) is 0 Å². The molecule has 2 atom stereocenters. The largest absolute Gasteiger partial charge is 0.313 e. The smallest absolute Gasteiger partial charge is 0.0486 e. The molecule has 0 saturated heterocycles. The van der Waals surface area contributed by atoms with Crippen LogP contribution < -0.4 is 5.32 Å². The Kier molecular flexibility index (Phi) is 8.08. The minimum atomic E-state index is -0.785. The van der Waals surface area contributed by atoms with E-state index in [1.54, 1.807) is 0 Å². The van der Waals surface area contributed by atoms with Crippen molar-refractivity contribution in [3.63, 3.8) is 0 Å². The summed E-state index contributed by atoms with van der Waals surface area (Å²) in [6.07, 6.45) is 3.38. The first-order chi connectivity index (χ1) is 9.55. The molecule has 1 aromatic carbocycles. The molecule has 0 aliphatic rings. The van der Waals surface area contributed by atoms with Crippen LogP contribution in [0.5, 0.6) is 0 Å². The Hall–Kier alpha value is -0.670. The highest BCUT2D eigenvalue weighted by molar-refractivity contribution is 7.84. The fourth-order valence-corrected chi connectivity index (χ4v) is 3.95. The molecule has 2 unspecified atom stereocenters. The molecule has 2 nitrogen and oxygen atoms in total. The van der Waals surface area contributed by atoms with Crippen molar-refractivity contribution >= 4 is 10.8 Å². The summed E-state index contributed by atoms with van der Waals surface area (Å²) in [5.41, 5.74) is 3.71. The minimum Gasteiger partial charge on any atom is -0.313 e. The molecule has 114 valence electrons. The Morgan fingerprint density at radius 1 is 1.10 bits per heavy atom. The Balaban J connectivity index is 2.55. The predicted octanol–water partition coefficient (Wildman–Crippen LogP) is 3.72. The summed E-state index contributed by atoms with van der Waals surface area (Å²) < 4.78 is 12.4. The van der Waals surface area contributed by atoms with Crippen molar-refractivity contribution < 1.29 is 4.21 Å². The Morgan fingerprint density at radius 3 is 2.30 bits per heavy atom. The molecule has 0 bridgehead atoms. The van der Waals surface area contributed by atoms with Crippen LogP contribution in [0.1, 0.15) is 49.8 Å². The number of rotatable bonds is 9. The molecule has 0 radical (unpaired) electrons. The fourth-order valence-electron chi connectivity index (χ4n) is 2.56. The molecule has 0 aliphatic heterocycles. The van der Waals surface area contributed by atoms with Crippen LogP contribution in [0.15, 0.2) is 18.2 Å². The Morgan fingerprint density at radius 2 is 1.75 bits per heavy atom. The second kappa shape index (κ2) is 9.30. The summed E-state index contributed by atoms with van der Waals surface area (Å²) in [5, 5.41) is 3.52. The van der Waals surface area contributed by atoms with Crippen molar-refractivity contribution in [3.8, 4) is 0 Å². The Bertz CT molecular complexity index is 411. The molecule has 20 heavy (non-hydrogen) atoms. The second-order valence-corrected chi connectivity index (χ2v) is 7.19. The van der Waals surface area contributed by atoms with Crippen LogP contribution in [0, 0.1) is 13.8 Å². The molecule has 0 heterocycles. The van der Waals surface area contributed by atoms with Gasteiger partial charge in [0.1, 0.15) is 0 Å². The van der Waals surface area contributed by atoms with E-state index in [0.717, 1.165) is 31.6 Å². The summed E-state index contributed by atoms with van der Waals surface area (Å²) in [6.45, 7) is 9.57. The topological polar surface area (TPSA) is 29.1 Å². The first-order valence-corrected chi connectivity index (χ1v) is 9.19. The van der Waals surface area contributed by atoms with Gasteiger partial charge in [0.2, 0.25) is 0 Å². The van der Waals surface area contributed by atoms with Gasteiger partial charge >= 0.3 is 0 Å². The number of hydrogen-bond acceptors (Lipinski definition) is 2. The normalized spacial score (nSPS) is 14.2. The minimum absolute atomic E-state index is 0.395. The van der Waals surface area contributed by atoms with Gasteiger partial charge < -0.3 is 5.32 Å². The van der Waals surface area contributed by atoms with Crippen molar-refractivity contribution in [2.24, 2.45) is 0 Å². The zero-order valence-electron chi connectivity index (χ0n) is 13.4. The molecule has 1 N–H and O–H groups in total. The van der Waals surface area contributed by atoms with Crippen LogP contribution in [0.25, 0.3) is 0 Å². The maximum Gasteiger partial charge on any atom is 0.0486 e. The third-order valence-electron chi connectivity index (χ3n) is 3.32. The van der Waals surface area contributed by atoms with E-state index in [0.29, 0.717) is 11.8 Å². The van der Waals surface area contributed by atoms with Gasteiger partial charge in [-0.3, -0.25) is 4.21 Å². The monoisotopic (exact) mass is 295 g/mol. The van der Waals surface area contributed by atoms with Crippen LogP contribution in [-0.2, 0) is 16.6 Å². The number of nitrogens with one attached hydrogen (secondary N) is 1. The summed E-state index contributed by atoms with van der Waals surface area (Å²) in [6, 6.07) is 6.86. The standard InChI is InChI=1S/C17H29NOS/c1-5-7-17(18-8-6-2)13-20(19)12-16-10-14(3)9-15(4)11-16/h9-11,17-18H,5-8,12-13H2,1-4H3. The maximum atomic E-state index is 12.4. The van der Waals surface area contributed by atoms with Crippen molar-refractivity contribution in [3.05, 3.63) is 34.9 Å². The van der Waals surface area contributed by atoms with Crippen molar-refractivity contribution in [1.29, 1.82) is 0 Å². The summed E-state index contributed by atoms with van der Waals surface area (Å²) in [4.78, 5) is 0. The van der Waals surface area contributed by atoms with E-state index in [1.807, 2.05) is 0 Å². The highest BCUT2D eigenvalue weighted by Crippen LogP contribution is 2.12. The molecule has 0 spiro atoms. The van der Waals surface area contributed by atoms with Gasteiger partial charge in [-0.05, 0) is 38.8 Å².